The molecule has 1 rings (SSSR count). The zero-order chi connectivity index (χ0) is 13.8. The summed E-state index contributed by atoms with van der Waals surface area (Å²) in [5.41, 5.74) is 0. The maximum absolute atomic E-state index is 12.1. The Kier molecular flexibility index (Phi) is 5.59. The van der Waals surface area contributed by atoms with Gasteiger partial charge in [0.2, 0.25) is 15.9 Å². The van der Waals surface area contributed by atoms with Crippen molar-refractivity contribution in [1.82, 2.24) is 9.62 Å². The maximum Gasteiger partial charge on any atom is 0.238 e. The number of nitrogens with one attached hydrogen (secondary N) is 1. The number of carbonyl (C=O) groups excluding carboxylic acids is 1. The molecule has 1 amide bonds. The van der Waals surface area contributed by atoms with E-state index in [0.29, 0.717) is 19.4 Å². The van der Waals surface area contributed by atoms with E-state index in [-0.39, 0.29) is 17.7 Å². The lowest BCUT2D eigenvalue weighted by Gasteiger charge is -2.24. The van der Waals surface area contributed by atoms with Gasteiger partial charge in [0.15, 0.2) is 0 Å². The topological polar surface area (TPSA) is 66.5 Å². The van der Waals surface area contributed by atoms with Gasteiger partial charge in [0.25, 0.3) is 0 Å². The maximum atomic E-state index is 12.1. The van der Waals surface area contributed by atoms with Gasteiger partial charge in [0.1, 0.15) is 6.04 Å². The number of hydrogen-bond acceptors (Lipinski definition) is 3. The number of carbonyl (C=O) groups is 1. The predicted octanol–water partition coefficient (Wildman–Crippen LogP) is 1.11. The second-order valence-electron chi connectivity index (χ2n) is 4.90. The molecule has 1 N–H and O–H groups in total. The van der Waals surface area contributed by atoms with Crippen LogP contribution in [0.2, 0.25) is 0 Å². The van der Waals surface area contributed by atoms with E-state index in [9.17, 15) is 13.2 Å². The normalized spacial score (nSPS) is 22.9. The summed E-state index contributed by atoms with van der Waals surface area (Å²) in [7, 11) is -3.27. The number of rotatable bonds is 6. The Balaban J connectivity index is 2.73. The highest BCUT2D eigenvalue weighted by atomic mass is 32.2. The molecule has 1 heterocycles. The lowest BCUT2D eigenvalue weighted by atomic mass is 10.2. The third-order valence-electron chi connectivity index (χ3n) is 3.33. The number of hydrogen-bond donors (Lipinski definition) is 1. The van der Waals surface area contributed by atoms with E-state index < -0.39 is 16.1 Å². The van der Waals surface area contributed by atoms with Crippen LogP contribution in [0, 0.1) is 0 Å². The summed E-state index contributed by atoms with van der Waals surface area (Å²) < 4.78 is 25.5. The second-order valence-corrected chi connectivity index (χ2v) is 6.94. The van der Waals surface area contributed by atoms with Gasteiger partial charge in [-0.05, 0) is 32.6 Å². The van der Waals surface area contributed by atoms with Crippen LogP contribution in [0.15, 0.2) is 0 Å². The largest absolute Gasteiger partial charge is 0.352 e. The van der Waals surface area contributed by atoms with Crippen LogP contribution in [0.25, 0.3) is 0 Å². The van der Waals surface area contributed by atoms with Crippen molar-refractivity contribution in [3.63, 3.8) is 0 Å². The first-order chi connectivity index (χ1) is 8.42. The first-order valence-electron chi connectivity index (χ1n) is 6.72. The van der Waals surface area contributed by atoms with E-state index >= 15 is 0 Å². The fourth-order valence-corrected chi connectivity index (χ4v) is 3.90. The van der Waals surface area contributed by atoms with Crippen molar-refractivity contribution in [2.75, 3.05) is 12.3 Å². The first-order valence-corrected chi connectivity index (χ1v) is 8.33. The van der Waals surface area contributed by atoms with Crippen molar-refractivity contribution < 1.29 is 13.2 Å². The fraction of sp³-hybridized carbons (Fsp3) is 0.917. The highest BCUT2D eigenvalue weighted by molar-refractivity contribution is 7.89. The average molecular weight is 276 g/mol. The van der Waals surface area contributed by atoms with Gasteiger partial charge < -0.3 is 5.32 Å². The lowest BCUT2D eigenvalue weighted by molar-refractivity contribution is -0.124. The summed E-state index contributed by atoms with van der Waals surface area (Å²) in [6.07, 6.45) is 2.82. The predicted molar refractivity (Wildman–Crippen MR) is 71.7 cm³/mol. The molecule has 0 radical (unpaired) electrons. The summed E-state index contributed by atoms with van der Waals surface area (Å²) in [6.45, 7) is 6.23. The zero-order valence-electron chi connectivity index (χ0n) is 11.5. The Morgan fingerprint density at radius 3 is 2.67 bits per heavy atom. The van der Waals surface area contributed by atoms with Crippen molar-refractivity contribution in [2.45, 2.75) is 58.5 Å². The van der Waals surface area contributed by atoms with Gasteiger partial charge in [-0.15, -0.1) is 0 Å². The molecule has 18 heavy (non-hydrogen) atoms. The second kappa shape index (κ2) is 6.52. The molecular weight excluding hydrogens is 252 g/mol. The van der Waals surface area contributed by atoms with Crippen molar-refractivity contribution in [3.05, 3.63) is 0 Å². The molecule has 0 spiro atoms. The quantitative estimate of drug-likeness (QED) is 0.790. The van der Waals surface area contributed by atoms with Gasteiger partial charge in [0, 0.05) is 12.6 Å². The van der Waals surface area contributed by atoms with Crippen molar-refractivity contribution >= 4 is 15.9 Å². The summed E-state index contributed by atoms with van der Waals surface area (Å²) in [5.74, 6) is -0.0263. The summed E-state index contributed by atoms with van der Waals surface area (Å²) in [5, 5.41) is 2.87. The number of amides is 1. The molecule has 0 aromatic heterocycles. The SMILES string of the molecule is CCCS(=O)(=O)N1CCCC1C(=O)NC(C)CC. The molecule has 0 bridgehead atoms. The van der Waals surface area contributed by atoms with Crippen molar-refractivity contribution in [1.29, 1.82) is 0 Å². The van der Waals surface area contributed by atoms with Crippen LogP contribution in [0.3, 0.4) is 0 Å². The Labute approximate surface area is 110 Å². The van der Waals surface area contributed by atoms with E-state index in [4.69, 9.17) is 0 Å². The average Bonchev–Trinajstić information content (AvgIpc) is 2.78. The Bertz CT molecular complexity index is 381. The van der Waals surface area contributed by atoms with Gasteiger partial charge in [-0.1, -0.05) is 13.8 Å². The van der Waals surface area contributed by atoms with Gasteiger partial charge in [-0.2, -0.15) is 4.31 Å². The van der Waals surface area contributed by atoms with Gasteiger partial charge in [-0.3, -0.25) is 4.79 Å². The Hall–Kier alpha value is -0.620. The molecule has 1 aliphatic rings. The standard InChI is InChI=1S/C12H24N2O3S/c1-4-9-18(16,17)14-8-6-7-11(14)12(15)13-10(3)5-2/h10-11H,4-9H2,1-3H3,(H,13,15). The van der Waals surface area contributed by atoms with E-state index in [1.54, 1.807) is 0 Å². The van der Waals surface area contributed by atoms with Gasteiger partial charge >= 0.3 is 0 Å². The van der Waals surface area contributed by atoms with E-state index in [1.807, 2.05) is 20.8 Å². The monoisotopic (exact) mass is 276 g/mol. The van der Waals surface area contributed by atoms with Crippen LogP contribution in [0.4, 0.5) is 0 Å². The Morgan fingerprint density at radius 1 is 1.44 bits per heavy atom. The minimum absolute atomic E-state index is 0.0915. The highest BCUT2D eigenvalue weighted by Crippen LogP contribution is 2.22. The molecule has 1 saturated heterocycles. The van der Waals surface area contributed by atoms with Crippen LogP contribution >= 0.6 is 0 Å². The minimum atomic E-state index is -3.27. The summed E-state index contributed by atoms with van der Waals surface area (Å²) in [4.78, 5) is 12.1. The molecule has 1 aliphatic heterocycles. The van der Waals surface area contributed by atoms with Gasteiger partial charge in [-0.25, -0.2) is 8.42 Å². The molecule has 0 aromatic rings. The van der Waals surface area contributed by atoms with Crippen molar-refractivity contribution in [2.24, 2.45) is 0 Å². The highest BCUT2D eigenvalue weighted by Gasteiger charge is 2.38. The van der Waals surface area contributed by atoms with Crippen LogP contribution in [0.5, 0.6) is 0 Å². The third kappa shape index (κ3) is 3.68. The van der Waals surface area contributed by atoms with Crippen molar-refractivity contribution in [3.8, 4) is 0 Å². The summed E-state index contributed by atoms with van der Waals surface area (Å²) >= 11 is 0. The lowest BCUT2D eigenvalue weighted by Crippen LogP contribution is -2.48. The first kappa shape index (κ1) is 15.4. The molecule has 6 heteroatoms. The van der Waals surface area contributed by atoms with Crippen LogP contribution < -0.4 is 5.32 Å². The molecule has 5 nitrogen and oxygen atoms in total. The fourth-order valence-electron chi connectivity index (χ4n) is 2.15. The third-order valence-corrected chi connectivity index (χ3v) is 5.40. The minimum Gasteiger partial charge on any atom is -0.352 e. The zero-order valence-corrected chi connectivity index (χ0v) is 12.3. The molecule has 2 unspecified atom stereocenters. The van der Waals surface area contributed by atoms with E-state index in [0.717, 1.165) is 12.8 Å². The van der Waals surface area contributed by atoms with Crippen LogP contribution in [-0.4, -0.2) is 43.0 Å². The molecule has 106 valence electrons. The molecule has 0 saturated carbocycles. The molecular formula is C12H24N2O3S. The smallest absolute Gasteiger partial charge is 0.238 e. The number of sulfonamides is 1. The van der Waals surface area contributed by atoms with E-state index in [1.165, 1.54) is 4.31 Å². The van der Waals surface area contributed by atoms with Crippen LogP contribution in [0.1, 0.15) is 46.5 Å². The molecule has 0 aliphatic carbocycles. The van der Waals surface area contributed by atoms with Crippen LogP contribution in [-0.2, 0) is 14.8 Å². The summed E-state index contributed by atoms with van der Waals surface area (Å²) in [6, 6.07) is -0.413. The van der Waals surface area contributed by atoms with E-state index in [2.05, 4.69) is 5.32 Å². The molecule has 1 fully saturated rings. The van der Waals surface area contributed by atoms with Gasteiger partial charge in [0.05, 0.1) is 5.75 Å². The number of nitrogens with zero attached hydrogens (tertiary/aromatic N) is 1. The molecule has 0 aromatic carbocycles. The molecule has 2 atom stereocenters. The Morgan fingerprint density at radius 2 is 2.11 bits per heavy atom.